The number of aliphatic hydroxyl groups excluding tert-OH is 1. The minimum Gasteiger partial charge on any atom is -0.390 e. The van der Waals surface area contributed by atoms with Gasteiger partial charge < -0.3 is 15.7 Å². The highest BCUT2D eigenvalue weighted by atomic mass is 32.1. The van der Waals surface area contributed by atoms with Gasteiger partial charge in [-0.3, -0.25) is 14.5 Å². The Morgan fingerprint density at radius 1 is 1.11 bits per heavy atom. The number of aliphatic hydroxyl groups is 1. The standard InChI is InChI=1S/C28H35N3O3S/c1-19(2)15-23(30-28(34)26-16-21-11-6-7-13-25(21)35-26)27(33)29-22-12-8-14-31(18-24(22)32)17-20-9-4-3-5-10-20/h3-7,9-11,13,16,19,22-24,32H,8,12,14-15,17-18H2,1-2H3,(H,29,33)(H,30,34)/t22?,23?,24-/m0/s1. The smallest absolute Gasteiger partial charge is 0.262 e. The Labute approximate surface area is 211 Å². The number of rotatable bonds is 8. The van der Waals surface area contributed by atoms with E-state index in [0.29, 0.717) is 24.3 Å². The fourth-order valence-corrected chi connectivity index (χ4v) is 5.64. The number of carbonyl (C=O) groups is 2. The summed E-state index contributed by atoms with van der Waals surface area (Å²) in [5, 5.41) is 17.9. The summed E-state index contributed by atoms with van der Waals surface area (Å²) in [6, 6.07) is 19.0. The topological polar surface area (TPSA) is 81.7 Å². The number of fused-ring (bicyclic) bond motifs is 1. The predicted molar refractivity (Wildman–Crippen MR) is 141 cm³/mol. The molecule has 0 bridgehead atoms. The van der Waals surface area contributed by atoms with E-state index in [2.05, 4.69) is 27.7 Å². The summed E-state index contributed by atoms with van der Waals surface area (Å²) >= 11 is 1.43. The molecular weight excluding hydrogens is 458 g/mol. The molecule has 2 unspecified atom stereocenters. The van der Waals surface area contributed by atoms with E-state index >= 15 is 0 Å². The average Bonchev–Trinajstić information content (AvgIpc) is 3.20. The van der Waals surface area contributed by atoms with Gasteiger partial charge in [0.2, 0.25) is 5.91 Å². The Bertz CT molecular complexity index is 1100. The molecule has 2 heterocycles. The number of thiophene rings is 1. The largest absolute Gasteiger partial charge is 0.390 e. The van der Waals surface area contributed by atoms with E-state index in [1.165, 1.54) is 16.9 Å². The molecule has 6 nitrogen and oxygen atoms in total. The van der Waals surface area contributed by atoms with Gasteiger partial charge in [-0.1, -0.05) is 62.4 Å². The molecule has 0 radical (unpaired) electrons. The van der Waals surface area contributed by atoms with Crippen molar-refractivity contribution in [2.24, 2.45) is 5.92 Å². The Morgan fingerprint density at radius 3 is 2.60 bits per heavy atom. The van der Waals surface area contributed by atoms with Gasteiger partial charge in [-0.25, -0.2) is 0 Å². The van der Waals surface area contributed by atoms with Crippen LogP contribution in [0.1, 0.15) is 48.3 Å². The zero-order valence-corrected chi connectivity index (χ0v) is 21.3. The quantitative estimate of drug-likeness (QED) is 0.440. The lowest BCUT2D eigenvalue weighted by atomic mass is 10.0. The third-order valence-corrected chi connectivity index (χ3v) is 7.57. The number of benzene rings is 2. The summed E-state index contributed by atoms with van der Waals surface area (Å²) in [7, 11) is 0. The maximum atomic E-state index is 13.3. The predicted octanol–water partition coefficient (Wildman–Crippen LogP) is 4.19. The van der Waals surface area contributed by atoms with Gasteiger partial charge >= 0.3 is 0 Å². The van der Waals surface area contributed by atoms with Gasteiger partial charge in [-0.2, -0.15) is 0 Å². The zero-order chi connectivity index (χ0) is 24.8. The number of carbonyl (C=O) groups excluding carboxylic acids is 2. The maximum absolute atomic E-state index is 13.3. The van der Waals surface area contributed by atoms with E-state index in [4.69, 9.17) is 0 Å². The number of amides is 2. The van der Waals surface area contributed by atoms with Crippen LogP contribution in [0.4, 0.5) is 0 Å². The van der Waals surface area contributed by atoms with Gasteiger partial charge in [0.1, 0.15) is 6.04 Å². The van der Waals surface area contributed by atoms with Gasteiger partial charge in [-0.05, 0) is 54.8 Å². The summed E-state index contributed by atoms with van der Waals surface area (Å²) in [4.78, 5) is 29.1. The molecule has 186 valence electrons. The van der Waals surface area contributed by atoms with Crippen LogP contribution in [0.15, 0.2) is 60.7 Å². The molecule has 3 aromatic rings. The van der Waals surface area contributed by atoms with E-state index in [0.717, 1.165) is 29.6 Å². The van der Waals surface area contributed by atoms with Crippen molar-refractivity contribution in [3.05, 3.63) is 71.1 Å². The lowest BCUT2D eigenvalue weighted by Gasteiger charge is -2.27. The number of nitrogens with one attached hydrogen (secondary N) is 2. The second-order valence-corrected chi connectivity index (χ2v) is 10.9. The first-order valence-electron chi connectivity index (χ1n) is 12.4. The van der Waals surface area contributed by atoms with Crippen LogP contribution < -0.4 is 10.6 Å². The van der Waals surface area contributed by atoms with E-state index in [9.17, 15) is 14.7 Å². The van der Waals surface area contributed by atoms with Crippen molar-refractivity contribution in [2.75, 3.05) is 13.1 Å². The second kappa shape index (κ2) is 11.8. The molecule has 1 aromatic heterocycles. The Hall–Kier alpha value is -2.74. The van der Waals surface area contributed by atoms with Crippen LogP contribution in [0.3, 0.4) is 0 Å². The molecule has 0 spiro atoms. The van der Waals surface area contributed by atoms with Crippen molar-refractivity contribution in [3.63, 3.8) is 0 Å². The third kappa shape index (κ3) is 6.90. The van der Waals surface area contributed by atoms with E-state index in [-0.39, 0.29) is 23.8 Å². The lowest BCUT2D eigenvalue weighted by Crippen LogP contribution is -2.53. The first-order valence-corrected chi connectivity index (χ1v) is 13.2. The fourth-order valence-electron chi connectivity index (χ4n) is 4.67. The van der Waals surface area contributed by atoms with Crippen LogP contribution in [-0.2, 0) is 11.3 Å². The third-order valence-electron chi connectivity index (χ3n) is 6.45. The van der Waals surface area contributed by atoms with Gasteiger partial charge in [0, 0.05) is 17.8 Å². The molecule has 1 saturated heterocycles. The van der Waals surface area contributed by atoms with Crippen LogP contribution in [0.2, 0.25) is 0 Å². The van der Waals surface area contributed by atoms with Crippen LogP contribution >= 0.6 is 11.3 Å². The highest BCUT2D eigenvalue weighted by molar-refractivity contribution is 7.20. The Kier molecular flexibility index (Phi) is 8.55. The molecule has 1 aliphatic heterocycles. The molecule has 1 aliphatic rings. The SMILES string of the molecule is CC(C)CC(NC(=O)c1cc2ccccc2s1)C(=O)NC1CCCN(Cc2ccccc2)C[C@@H]1O. The monoisotopic (exact) mass is 493 g/mol. The van der Waals surface area contributed by atoms with Crippen molar-refractivity contribution >= 4 is 33.2 Å². The molecule has 7 heteroatoms. The summed E-state index contributed by atoms with van der Waals surface area (Å²) in [5.74, 6) is -0.231. The Morgan fingerprint density at radius 2 is 1.86 bits per heavy atom. The molecule has 3 N–H and O–H groups in total. The molecule has 1 fully saturated rings. The van der Waals surface area contributed by atoms with Gasteiger partial charge in [0.05, 0.1) is 17.0 Å². The van der Waals surface area contributed by atoms with Gasteiger partial charge in [0.15, 0.2) is 0 Å². The highest BCUT2D eigenvalue weighted by Crippen LogP contribution is 2.25. The molecule has 3 atom stereocenters. The number of β-amino-alcohol motifs (C(OH)–C–C–N with tert-alkyl or cyclic N) is 1. The number of hydrogen-bond acceptors (Lipinski definition) is 5. The highest BCUT2D eigenvalue weighted by Gasteiger charge is 2.30. The van der Waals surface area contributed by atoms with E-state index in [1.54, 1.807) is 0 Å². The first-order chi connectivity index (χ1) is 16.9. The number of nitrogens with zero attached hydrogens (tertiary/aromatic N) is 1. The maximum Gasteiger partial charge on any atom is 0.262 e. The van der Waals surface area contributed by atoms with Gasteiger partial charge in [-0.15, -0.1) is 11.3 Å². The molecule has 2 aromatic carbocycles. The summed E-state index contributed by atoms with van der Waals surface area (Å²) in [6.07, 6.45) is 1.46. The first kappa shape index (κ1) is 25.4. The molecule has 4 rings (SSSR count). The molecule has 0 saturated carbocycles. The number of hydrogen-bond donors (Lipinski definition) is 3. The van der Waals surface area contributed by atoms with Crippen molar-refractivity contribution in [3.8, 4) is 0 Å². The van der Waals surface area contributed by atoms with Crippen LogP contribution in [0, 0.1) is 5.92 Å². The van der Waals surface area contributed by atoms with Crippen LogP contribution in [0.5, 0.6) is 0 Å². The normalized spacial score (nSPS) is 19.9. The summed E-state index contributed by atoms with van der Waals surface area (Å²) in [6.45, 7) is 6.22. The summed E-state index contributed by atoms with van der Waals surface area (Å²) < 4.78 is 1.05. The van der Waals surface area contributed by atoms with Crippen molar-refractivity contribution < 1.29 is 14.7 Å². The van der Waals surface area contributed by atoms with Crippen molar-refractivity contribution in [1.82, 2.24) is 15.5 Å². The van der Waals surface area contributed by atoms with Crippen LogP contribution in [-0.4, -0.2) is 53.1 Å². The Balaban J connectivity index is 1.38. The van der Waals surface area contributed by atoms with E-state index < -0.39 is 12.1 Å². The fraction of sp³-hybridized carbons (Fsp3) is 0.429. The average molecular weight is 494 g/mol. The second-order valence-electron chi connectivity index (χ2n) is 9.85. The minimum absolute atomic E-state index is 0.228. The lowest BCUT2D eigenvalue weighted by molar-refractivity contribution is -0.125. The van der Waals surface area contributed by atoms with Gasteiger partial charge in [0.25, 0.3) is 5.91 Å². The van der Waals surface area contributed by atoms with Crippen LogP contribution in [0.25, 0.3) is 10.1 Å². The summed E-state index contributed by atoms with van der Waals surface area (Å²) in [5.41, 5.74) is 1.21. The molecular formula is C28H35N3O3S. The number of likely N-dealkylation sites (tertiary alicyclic amines) is 1. The molecule has 0 aliphatic carbocycles. The van der Waals surface area contributed by atoms with E-state index in [1.807, 2.05) is 62.4 Å². The zero-order valence-electron chi connectivity index (χ0n) is 20.4. The van der Waals surface area contributed by atoms with Crippen molar-refractivity contribution in [1.29, 1.82) is 0 Å². The minimum atomic E-state index is -0.664. The molecule has 35 heavy (non-hydrogen) atoms. The van der Waals surface area contributed by atoms with Crippen molar-refractivity contribution in [2.45, 2.75) is 57.8 Å². The molecule has 2 amide bonds.